The van der Waals surface area contributed by atoms with Crippen molar-refractivity contribution >= 4 is 28.8 Å². The van der Waals surface area contributed by atoms with Crippen molar-refractivity contribution in [2.45, 2.75) is 45.6 Å². The molecule has 0 fully saturated rings. The number of thiophene rings is 1. The average Bonchev–Trinajstić information content (AvgIpc) is 3.15. The van der Waals surface area contributed by atoms with Gasteiger partial charge in [-0.3, -0.25) is 9.59 Å². The highest BCUT2D eigenvalue weighted by atomic mass is 32.1. The molecule has 2 amide bonds. The number of rotatable bonds is 9. The first kappa shape index (κ1) is 21.1. The molecule has 4 N–H and O–H groups in total. The molecule has 2 rings (SSSR count). The third-order valence-electron chi connectivity index (χ3n) is 4.91. The minimum absolute atomic E-state index is 0.0434. The fourth-order valence-electron chi connectivity index (χ4n) is 2.60. The average molecular weight is 388 g/mol. The molecule has 0 aliphatic rings. The van der Waals surface area contributed by atoms with Crippen LogP contribution < -0.4 is 16.4 Å². The van der Waals surface area contributed by atoms with Gasteiger partial charge in [0.25, 0.3) is 5.91 Å². The molecule has 1 heterocycles. The second-order valence-corrected chi connectivity index (χ2v) is 8.32. The lowest BCUT2D eigenvalue weighted by Crippen LogP contribution is -2.55. The van der Waals surface area contributed by atoms with E-state index in [1.165, 1.54) is 4.88 Å². The van der Waals surface area contributed by atoms with Crippen LogP contribution in [0.1, 0.15) is 48.8 Å². The van der Waals surface area contributed by atoms with E-state index in [0.29, 0.717) is 24.2 Å². The Labute approximate surface area is 165 Å². The van der Waals surface area contributed by atoms with Gasteiger partial charge in [-0.25, -0.2) is 0 Å². The van der Waals surface area contributed by atoms with E-state index in [1.54, 1.807) is 35.6 Å². The summed E-state index contributed by atoms with van der Waals surface area (Å²) >= 11 is 1.71. The molecule has 2 aromatic rings. The monoisotopic (exact) mass is 387 g/mol. The zero-order valence-corrected chi connectivity index (χ0v) is 17.1. The number of hydrogen-bond donors (Lipinski definition) is 3. The maximum Gasteiger partial charge on any atom is 0.251 e. The van der Waals surface area contributed by atoms with Gasteiger partial charge >= 0.3 is 0 Å². The Morgan fingerprint density at radius 3 is 2.63 bits per heavy atom. The summed E-state index contributed by atoms with van der Waals surface area (Å²) in [5, 5.41) is 7.93. The van der Waals surface area contributed by atoms with Gasteiger partial charge in [-0.1, -0.05) is 26.0 Å². The van der Waals surface area contributed by atoms with Crippen LogP contribution in [0.2, 0.25) is 0 Å². The van der Waals surface area contributed by atoms with Crippen molar-refractivity contribution in [3.05, 3.63) is 52.2 Å². The van der Waals surface area contributed by atoms with Gasteiger partial charge in [-0.05, 0) is 55.3 Å². The topological polar surface area (TPSA) is 84.2 Å². The van der Waals surface area contributed by atoms with Gasteiger partial charge in [0.2, 0.25) is 5.91 Å². The Morgan fingerprint density at radius 1 is 1.22 bits per heavy atom. The van der Waals surface area contributed by atoms with Crippen molar-refractivity contribution in [1.82, 2.24) is 5.32 Å². The highest BCUT2D eigenvalue weighted by molar-refractivity contribution is 7.09. The molecule has 0 saturated heterocycles. The van der Waals surface area contributed by atoms with E-state index < -0.39 is 5.54 Å². The Morgan fingerprint density at radius 2 is 2.00 bits per heavy atom. The standard InChI is InChI=1S/C21H29N3O2S/c1-15(2)21(3,14-22)24-20(26)16-7-4-8-17(13-16)23-19(25)11-5-9-18-10-6-12-27-18/h4,6-8,10,12-13,15H,5,9,11,14,22H2,1-3H3,(H,23,25)(H,24,26). The van der Waals surface area contributed by atoms with Gasteiger partial charge in [-0.2, -0.15) is 0 Å². The summed E-state index contributed by atoms with van der Waals surface area (Å²) in [6.07, 6.45) is 2.16. The Bertz CT molecular complexity index is 759. The Balaban J connectivity index is 1.92. The molecule has 6 heteroatoms. The van der Waals surface area contributed by atoms with Gasteiger partial charge in [-0.15, -0.1) is 11.3 Å². The molecule has 0 radical (unpaired) electrons. The van der Waals surface area contributed by atoms with Gasteiger partial charge in [0, 0.05) is 29.1 Å². The van der Waals surface area contributed by atoms with E-state index in [2.05, 4.69) is 16.7 Å². The predicted molar refractivity (Wildman–Crippen MR) is 112 cm³/mol. The van der Waals surface area contributed by atoms with Crippen LogP contribution in [0.4, 0.5) is 5.69 Å². The summed E-state index contributed by atoms with van der Waals surface area (Å²) < 4.78 is 0. The van der Waals surface area contributed by atoms with Crippen molar-refractivity contribution in [1.29, 1.82) is 0 Å². The molecule has 0 bridgehead atoms. The number of anilines is 1. The fraction of sp³-hybridized carbons (Fsp3) is 0.429. The lowest BCUT2D eigenvalue weighted by atomic mass is 9.88. The maximum absolute atomic E-state index is 12.6. The number of benzene rings is 1. The van der Waals surface area contributed by atoms with Crippen LogP contribution in [-0.4, -0.2) is 23.9 Å². The number of nitrogens with one attached hydrogen (secondary N) is 2. The molecule has 1 aromatic carbocycles. The fourth-order valence-corrected chi connectivity index (χ4v) is 3.35. The molecule has 0 spiro atoms. The third kappa shape index (κ3) is 6.19. The second-order valence-electron chi connectivity index (χ2n) is 7.29. The zero-order valence-electron chi connectivity index (χ0n) is 16.2. The molecule has 1 unspecified atom stereocenters. The van der Waals surface area contributed by atoms with Crippen molar-refractivity contribution in [3.8, 4) is 0 Å². The Kier molecular flexibility index (Phi) is 7.56. The summed E-state index contributed by atoms with van der Waals surface area (Å²) in [6, 6.07) is 11.1. The van der Waals surface area contributed by atoms with E-state index in [-0.39, 0.29) is 17.7 Å². The molecule has 5 nitrogen and oxygen atoms in total. The van der Waals surface area contributed by atoms with Gasteiger partial charge in [0.05, 0.1) is 5.54 Å². The van der Waals surface area contributed by atoms with Crippen molar-refractivity contribution < 1.29 is 9.59 Å². The number of carbonyl (C=O) groups is 2. The number of amides is 2. The van der Waals surface area contributed by atoms with E-state index in [0.717, 1.165) is 12.8 Å². The summed E-state index contributed by atoms with van der Waals surface area (Å²) in [6.45, 7) is 6.35. The molecule has 1 aromatic heterocycles. The third-order valence-corrected chi connectivity index (χ3v) is 5.85. The van der Waals surface area contributed by atoms with Crippen molar-refractivity contribution in [2.24, 2.45) is 11.7 Å². The SMILES string of the molecule is CC(C)C(C)(CN)NC(=O)c1cccc(NC(=O)CCCc2cccs2)c1. The van der Waals surface area contributed by atoms with Crippen LogP contribution >= 0.6 is 11.3 Å². The molecule has 27 heavy (non-hydrogen) atoms. The minimum Gasteiger partial charge on any atom is -0.345 e. The first-order chi connectivity index (χ1) is 12.8. The second kappa shape index (κ2) is 9.67. The molecule has 146 valence electrons. The van der Waals surface area contributed by atoms with Gasteiger partial charge < -0.3 is 16.4 Å². The highest BCUT2D eigenvalue weighted by Crippen LogP contribution is 2.18. The van der Waals surface area contributed by atoms with Crippen LogP contribution in [0.25, 0.3) is 0 Å². The van der Waals surface area contributed by atoms with Crippen LogP contribution in [-0.2, 0) is 11.2 Å². The summed E-state index contributed by atoms with van der Waals surface area (Å²) in [5.74, 6) is -0.0267. The van der Waals surface area contributed by atoms with E-state index in [9.17, 15) is 9.59 Å². The van der Waals surface area contributed by atoms with Crippen molar-refractivity contribution in [3.63, 3.8) is 0 Å². The smallest absolute Gasteiger partial charge is 0.251 e. The molecular formula is C21H29N3O2S. The normalized spacial score (nSPS) is 13.2. The van der Waals surface area contributed by atoms with Crippen LogP contribution in [0.3, 0.4) is 0 Å². The minimum atomic E-state index is -0.474. The van der Waals surface area contributed by atoms with Crippen molar-refractivity contribution in [2.75, 3.05) is 11.9 Å². The summed E-state index contributed by atoms with van der Waals surface area (Å²) in [7, 11) is 0. The number of carbonyl (C=O) groups excluding carboxylic acids is 2. The summed E-state index contributed by atoms with van der Waals surface area (Å²) in [5.41, 5.74) is 6.50. The van der Waals surface area contributed by atoms with E-state index >= 15 is 0 Å². The molecule has 1 atom stereocenters. The molecular weight excluding hydrogens is 358 g/mol. The largest absolute Gasteiger partial charge is 0.345 e. The summed E-state index contributed by atoms with van der Waals surface area (Å²) in [4.78, 5) is 26.0. The van der Waals surface area contributed by atoms with Crippen LogP contribution in [0, 0.1) is 5.92 Å². The van der Waals surface area contributed by atoms with E-state index in [4.69, 9.17) is 5.73 Å². The first-order valence-electron chi connectivity index (χ1n) is 9.29. The predicted octanol–water partition coefficient (Wildman–Crippen LogP) is 3.81. The number of hydrogen-bond acceptors (Lipinski definition) is 4. The Hall–Kier alpha value is -2.18. The van der Waals surface area contributed by atoms with E-state index in [1.807, 2.05) is 32.2 Å². The van der Waals surface area contributed by atoms with Gasteiger partial charge in [0.1, 0.15) is 0 Å². The zero-order chi connectivity index (χ0) is 19.9. The molecule has 0 aliphatic carbocycles. The quantitative estimate of drug-likeness (QED) is 0.612. The maximum atomic E-state index is 12.6. The van der Waals surface area contributed by atoms with Gasteiger partial charge in [0.15, 0.2) is 0 Å². The highest BCUT2D eigenvalue weighted by Gasteiger charge is 2.28. The molecule has 0 aliphatic heterocycles. The molecule has 0 saturated carbocycles. The lowest BCUT2D eigenvalue weighted by molar-refractivity contribution is -0.116. The number of nitrogens with two attached hydrogens (primary N) is 1. The number of aryl methyl sites for hydroxylation is 1. The van der Waals surface area contributed by atoms with Crippen LogP contribution in [0.5, 0.6) is 0 Å². The lowest BCUT2D eigenvalue weighted by Gasteiger charge is -2.33. The van der Waals surface area contributed by atoms with Crippen LogP contribution in [0.15, 0.2) is 41.8 Å². The first-order valence-corrected chi connectivity index (χ1v) is 10.2.